The molecule has 0 atom stereocenters. The molecule has 46 heavy (non-hydrogen) atoms. The molecule has 0 unspecified atom stereocenters. The zero-order valence-corrected chi connectivity index (χ0v) is 29.2. The molecule has 0 fully saturated rings. The summed E-state index contributed by atoms with van der Waals surface area (Å²) in [6.07, 6.45) is 6.79. The van der Waals surface area contributed by atoms with Crippen LogP contribution in [-0.4, -0.2) is 19.3 Å². The third-order valence-electron chi connectivity index (χ3n) is 8.24. The molecule has 0 aliphatic carbocycles. The molecule has 0 spiro atoms. The van der Waals surface area contributed by atoms with Crippen LogP contribution < -0.4 is 4.74 Å². The van der Waals surface area contributed by atoms with Gasteiger partial charge in [-0.2, -0.15) is 16.7 Å². The third-order valence-corrected chi connectivity index (χ3v) is 8.24. The van der Waals surface area contributed by atoms with Crippen LogP contribution in [0.1, 0.15) is 41.7 Å². The molecule has 0 N–H and O–H groups in total. The molecule has 6 heteroatoms. The van der Waals surface area contributed by atoms with E-state index >= 15 is 0 Å². The number of benzene rings is 4. The van der Waals surface area contributed by atoms with Crippen LogP contribution in [0.2, 0.25) is 0 Å². The first-order valence-corrected chi connectivity index (χ1v) is 15.5. The first-order valence-electron chi connectivity index (χ1n) is 15.5. The van der Waals surface area contributed by atoms with E-state index in [0.717, 1.165) is 50.9 Å². The first-order chi connectivity index (χ1) is 21.7. The minimum absolute atomic E-state index is 0. The van der Waals surface area contributed by atoms with Crippen molar-refractivity contribution >= 4 is 21.8 Å². The largest absolute Gasteiger partial charge is 2.00 e. The van der Waals surface area contributed by atoms with Crippen LogP contribution in [0.3, 0.4) is 0 Å². The van der Waals surface area contributed by atoms with E-state index in [2.05, 4.69) is 125 Å². The Hall–Kier alpha value is -4.47. The molecule has 5 nitrogen and oxygen atoms in total. The molecular formula is C40H36N4OPt. The van der Waals surface area contributed by atoms with Crippen molar-refractivity contribution in [3.63, 3.8) is 0 Å². The van der Waals surface area contributed by atoms with Gasteiger partial charge in [0.1, 0.15) is 5.82 Å². The van der Waals surface area contributed by atoms with Gasteiger partial charge in [-0.15, -0.1) is 35.7 Å². The Balaban J connectivity index is 0.00000372. The van der Waals surface area contributed by atoms with Crippen molar-refractivity contribution < 1.29 is 25.8 Å². The van der Waals surface area contributed by atoms with Crippen LogP contribution in [-0.2, 0) is 27.5 Å². The maximum Gasteiger partial charge on any atom is 2.00 e. The van der Waals surface area contributed by atoms with E-state index in [9.17, 15) is 0 Å². The van der Waals surface area contributed by atoms with E-state index in [4.69, 9.17) is 14.8 Å². The Bertz CT molecular complexity index is 2180. The van der Waals surface area contributed by atoms with Crippen LogP contribution >= 0.6 is 0 Å². The quantitative estimate of drug-likeness (QED) is 0.151. The molecule has 0 aliphatic heterocycles. The zero-order valence-electron chi connectivity index (χ0n) is 27.0. The first kappa shape index (κ1) is 31.5. The molecule has 0 saturated heterocycles. The van der Waals surface area contributed by atoms with Crippen LogP contribution in [0.25, 0.3) is 44.4 Å². The van der Waals surface area contributed by atoms with Gasteiger partial charge in [0.25, 0.3) is 0 Å². The summed E-state index contributed by atoms with van der Waals surface area (Å²) in [5.41, 5.74) is 11.3. The summed E-state index contributed by atoms with van der Waals surface area (Å²) in [4.78, 5) is 4.71. The standard InChI is InChI=1S/C40H36N4O.Pt/c1-25(2)15-30-19-32(43-24-31(23-42-43)40-28(5)16-27(4)17-29(40)6)21-34(20-30)45-33-11-12-36-35-9-7-8-10-37(35)44(38(36)22-33)39-18-26(3)13-14-41-39;/h7-14,16-20,23-25H,15H2,1-6H3;/q-2;+2. The van der Waals surface area contributed by atoms with Crippen molar-refractivity contribution in [2.45, 2.75) is 48.0 Å². The number of rotatable bonds is 7. The number of hydrogen-bond acceptors (Lipinski definition) is 3. The smallest absolute Gasteiger partial charge is 0.509 e. The van der Waals surface area contributed by atoms with Gasteiger partial charge < -0.3 is 9.30 Å². The van der Waals surface area contributed by atoms with E-state index in [1.54, 1.807) is 0 Å². The fourth-order valence-corrected chi connectivity index (χ4v) is 6.50. The molecule has 0 bridgehead atoms. The van der Waals surface area contributed by atoms with E-state index in [1.165, 1.54) is 27.8 Å². The minimum Gasteiger partial charge on any atom is -0.509 e. The van der Waals surface area contributed by atoms with Crippen molar-refractivity contribution in [3.8, 4) is 34.1 Å². The fraction of sp³-hybridized carbons (Fsp3) is 0.200. The number of aromatic nitrogens is 4. The monoisotopic (exact) mass is 783 g/mol. The van der Waals surface area contributed by atoms with Crippen LogP contribution in [0.4, 0.5) is 0 Å². The van der Waals surface area contributed by atoms with Gasteiger partial charge in [0.05, 0.1) is 6.20 Å². The fourth-order valence-electron chi connectivity index (χ4n) is 6.50. The van der Waals surface area contributed by atoms with Crippen molar-refractivity contribution in [2.24, 2.45) is 5.92 Å². The van der Waals surface area contributed by atoms with E-state index in [-0.39, 0.29) is 21.1 Å². The Morgan fingerprint density at radius 3 is 2.35 bits per heavy atom. The molecule has 3 aromatic heterocycles. The average Bonchev–Trinajstić information content (AvgIpc) is 3.59. The van der Waals surface area contributed by atoms with Crippen molar-refractivity contribution in [1.29, 1.82) is 0 Å². The summed E-state index contributed by atoms with van der Waals surface area (Å²) in [6.45, 7) is 13.0. The number of pyridine rings is 1. The Morgan fingerprint density at radius 1 is 0.804 bits per heavy atom. The van der Waals surface area contributed by atoms with Crippen molar-refractivity contribution in [3.05, 3.63) is 131 Å². The predicted octanol–water partition coefficient (Wildman–Crippen LogP) is 9.85. The molecule has 0 saturated carbocycles. The normalized spacial score (nSPS) is 11.4. The number of fused-ring (bicyclic) bond motifs is 3. The molecule has 7 rings (SSSR count). The van der Waals surface area contributed by atoms with E-state index < -0.39 is 0 Å². The Labute approximate surface area is 285 Å². The van der Waals surface area contributed by atoms with Gasteiger partial charge in [-0.3, -0.25) is 4.68 Å². The zero-order chi connectivity index (χ0) is 31.2. The number of hydrogen-bond donors (Lipinski definition) is 0. The summed E-state index contributed by atoms with van der Waals surface area (Å²) in [7, 11) is 0. The van der Waals surface area contributed by atoms with Crippen molar-refractivity contribution in [2.75, 3.05) is 0 Å². The van der Waals surface area contributed by atoms with Gasteiger partial charge in [0.15, 0.2) is 0 Å². The summed E-state index contributed by atoms with van der Waals surface area (Å²) in [5, 5.41) is 7.02. The molecular weight excluding hydrogens is 748 g/mol. The molecule has 4 aromatic carbocycles. The minimum atomic E-state index is 0. The van der Waals surface area contributed by atoms with E-state index in [1.807, 2.05) is 29.2 Å². The van der Waals surface area contributed by atoms with E-state index in [0.29, 0.717) is 17.4 Å². The average molecular weight is 784 g/mol. The van der Waals surface area contributed by atoms with Crippen LogP contribution in [0.15, 0.2) is 91.4 Å². The van der Waals surface area contributed by atoms with Crippen molar-refractivity contribution in [1.82, 2.24) is 19.3 Å². The van der Waals surface area contributed by atoms with Crippen LogP contribution in [0, 0.1) is 45.7 Å². The van der Waals surface area contributed by atoms with Gasteiger partial charge in [-0.05, 0) is 91.6 Å². The molecule has 3 heterocycles. The second kappa shape index (κ2) is 12.7. The number of aryl methyl sites for hydroxylation is 4. The number of nitrogens with zero attached hydrogens (tertiary/aromatic N) is 4. The molecule has 0 amide bonds. The number of para-hydroxylation sites is 1. The van der Waals surface area contributed by atoms with Gasteiger partial charge >= 0.3 is 21.1 Å². The maximum absolute atomic E-state index is 6.54. The Morgan fingerprint density at radius 2 is 1.59 bits per heavy atom. The molecule has 0 aliphatic rings. The summed E-state index contributed by atoms with van der Waals surface area (Å²) in [5.74, 6) is 2.60. The van der Waals surface area contributed by atoms with Gasteiger partial charge in [-0.1, -0.05) is 55.3 Å². The Kier molecular flexibility index (Phi) is 8.72. The number of ether oxygens (including phenoxy) is 1. The SMILES string of the molecule is Cc1ccnc(-n2c3[c-]c(Oc4[c-]c(-n5cc(-c6c(C)cc(C)cc6C)cn5)cc(CC(C)C)c4)ccc3c3ccccc32)c1.[Pt+2]. The maximum atomic E-state index is 6.54. The predicted molar refractivity (Wildman–Crippen MR) is 183 cm³/mol. The topological polar surface area (TPSA) is 44.9 Å². The molecule has 232 valence electrons. The van der Waals surface area contributed by atoms with Crippen LogP contribution in [0.5, 0.6) is 11.5 Å². The second-order valence-corrected chi connectivity index (χ2v) is 12.5. The third kappa shape index (κ3) is 6.04. The summed E-state index contributed by atoms with van der Waals surface area (Å²) < 4.78 is 10.6. The van der Waals surface area contributed by atoms with Gasteiger partial charge in [-0.25, -0.2) is 4.98 Å². The second-order valence-electron chi connectivity index (χ2n) is 12.5. The van der Waals surface area contributed by atoms with Gasteiger partial charge in [0, 0.05) is 35.0 Å². The molecule has 7 aromatic rings. The summed E-state index contributed by atoms with van der Waals surface area (Å²) in [6, 6.07) is 32.4. The summed E-state index contributed by atoms with van der Waals surface area (Å²) >= 11 is 0. The van der Waals surface area contributed by atoms with Gasteiger partial charge in [0.2, 0.25) is 0 Å². The molecule has 0 radical (unpaired) electrons.